The Morgan fingerprint density at radius 2 is 2.00 bits per heavy atom. The van der Waals surface area contributed by atoms with Crippen molar-refractivity contribution in [1.29, 1.82) is 0 Å². The summed E-state index contributed by atoms with van der Waals surface area (Å²) in [5, 5.41) is 0. The predicted octanol–water partition coefficient (Wildman–Crippen LogP) is 4.47. The second kappa shape index (κ2) is 5.67. The highest BCUT2D eigenvalue weighted by Crippen LogP contribution is 2.27. The predicted molar refractivity (Wildman–Crippen MR) is 73.7 cm³/mol. The zero-order chi connectivity index (χ0) is 13.1. The molecule has 0 amide bonds. The SMILES string of the molecule is COc1cc(Br)ccc1C(=O)CCC(C)(C)C. The van der Waals surface area contributed by atoms with Crippen molar-refractivity contribution in [2.45, 2.75) is 33.6 Å². The molecule has 0 unspecified atom stereocenters. The van der Waals surface area contributed by atoms with Gasteiger partial charge in [0.1, 0.15) is 5.75 Å². The summed E-state index contributed by atoms with van der Waals surface area (Å²) >= 11 is 3.37. The van der Waals surface area contributed by atoms with Gasteiger partial charge >= 0.3 is 0 Å². The molecule has 3 heteroatoms. The first kappa shape index (κ1) is 14.2. The molecule has 1 aromatic carbocycles. The van der Waals surface area contributed by atoms with Gasteiger partial charge in [0.15, 0.2) is 5.78 Å². The van der Waals surface area contributed by atoms with Crippen molar-refractivity contribution in [2.75, 3.05) is 7.11 Å². The normalized spacial score (nSPS) is 11.4. The summed E-state index contributed by atoms with van der Waals surface area (Å²) in [6, 6.07) is 5.51. The molecule has 1 rings (SSSR count). The van der Waals surface area contributed by atoms with E-state index in [2.05, 4.69) is 36.7 Å². The molecule has 0 aliphatic carbocycles. The lowest BCUT2D eigenvalue weighted by atomic mass is 9.88. The number of Topliss-reactive ketones (excluding diaryl/α,β-unsaturated/α-hetero) is 1. The first-order valence-corrected chi connectivity index (χ1v) is 6.49. The first-order chi connectivity index (χ1) is 7.83. The third-order valence-electron chi connectivity index (χ3n) is 2.57. The average Bonchev–Trinajstić information content (AvgIpc) is 2.24. The molecule has 0 saturated carbocycles. The van der Waals surface area contributed by atoms with Gasteiger partial charge < -0.3 is 4.74 Å². The number of ether oxygens (including phenoxy) is 1. The van der Waals surface area contributed by atoms with Crippen LogP contribution in [-0.4, -0.2) is 12.9 Å². The number of hydrogen-bond acceptors (Lipinski definition) is 2. The molecule has 1 aromatic rings. The van der Waals surface area contributed by atoms with Gasteiger partial charge in [0.25, 0.3) is 0 Å². The molecule has 0 aromatic heterocycles. The van der Waals surface area contributed by atoms with Crippen LogP contribution in [0.2, 0.25) is 0 Å². The Labute approximate surface area is 111 Å². The third kappa shape index (κ3) is 4.50. The van der Waals surface area contributed by atoms with Crippen LogP contribution in [0.1, 0.15) is 44.0 Å². The summed E-state index contributed by atoms with van der Waals surface area (Å²) in [6.45, 7) is 6.41. The highest BCUT2D eigenvalue weighted by atomic mass is 79.9. The lowest BCUT2D eigenvalue weighted by Crippen LogP contribution is -2.10. The molecule has 0 aliphatic rings. The quantitative estimate of drug-likeness (QED) is 0.767. The van der Waals surface area contributed by atoms with E-state index >= 15 is 0 Å². The zero-order valence-electron chi connectivity index (χ0n) is 10.8. The molecule has 0 atom stereocenters. The fourth-order valence-corrected chi connectivity index (χ4v) is 1.86. The summed E-state index contributed by atoms with van der Waals surface area (Å²) < 4.78 is 6.15. The van der Waals surface area contributed by atoms with Crippen molar-refractivity contribution in [1.82, 2.24) is 0 Å². The van der Waals surface area contributed by atoms with Crippen LogP contribution in [0.3, 0.4) is 0 Å². The molecule has 94 valence electrons. The molecule has 0 spiro atoms. The molecule has 0 heterocycles. The molecule has 17 heavy (non-hydrogen) atoms. The van der Waals surface area contributed by atoms with Crippen LogP contribution < -0.4 is 4.74 Å². The van der Waals surface area contributed by atoms with Gasteiger partial charge in [-0.2, -0.15) is 0 Å². The molecular formula is C14H19BrO2. The zero-order valence-corrected chi connectivity index (χ0v) is 12.4. The maximum Gasteiger partial charge on any atom is 0.166 e. The number of hydrogen-bond donors (Lipinski definition) is 0. The number of carbonyl (C=O) groups is 1. The van der Waals surface area contributed by atoms with Gasteiger partial charge in [-0.3, -0.25) is 4.79 Å². The summed E-state index contributed by atoms with van der Waals surface area (Å²) in [6.07, 6.45) is 1.44. The number of carbonyl (C=O) groups excluding carboxylic acids is 1. The van der Waals surface area contributed by atoms with Crippen LogP contribution in [0, 0.1) is 5.41 Å². The van der Waals surface area contributed by atoms with Crippen LogP contribution in [0.25, 0.3) is 0 Å². The Morgan fingerprint density at radius 1 is 1.35 bits per heavy atom. The number of rotatable bonds is 4. The minimum Gasteiger partial charge on any atom is -0.496 e. The van der Waals surface area contributed by atoms with Gasteiger partial charge in [-0.1, -0.05) is 36.7 Å². The van der Waals surface area contributed by atoms with Crippen LogP contribution in [0.15, 0.2) is 22.7 Å². The second-order valence-corrected chi connectivity index (χ2v) is 6.24. The van der Waals surface area contributed by atoms with Gasteiger partial charge in [-0.15, -0.1) is 0 Å². The molecule has 0 aliphatic heterocycles. The van der Waals surface area contributed by atoms with Crippen LogP contribution >= 0.6 is 15.9 Å². The number of ketones is 1. The Balaban J connectivity index is 2.82. The molecule has 0 fully saturated rings. The van der Waals surface area contributed by atoms with E-state index < -0.39 is 0 Å². The standard InChI is InChI=1S/C14H19BrO2/c1-14(2,3)8-7-12(16)11-6-5-10(15)9-13(11)17-4/h5-6,9H,7-8H2,1-4H3. The van der Waals surface area contributed by atoms with Crippen LogP contribution in [0.5, 0.6) is 5.75 Å². The Morgan fingerprint density at radius 3 is 2.53 bits per heavy atom. The minimum atomic E-state index is 0.143. The molecule has 0 radical (unpaired) electrons. The van der Waals surface area contributed by atoms with Crippen LogP contribution in [0.4, 0.5) is 0 Å². The van der Waals surface area contributed by atoms with E-state index in [4.69, 9.17) is 4.74 Å². The molecular weight excluding hydrogens is 280 g/mol. The van der Waals surface area contributed by atoms with Gasteiger partial charge in [0.05, 0.1) is 12.7 Å². The Bertz CT molecular complexity index is 405. The minimum absolute atomic E-state index is 0.143. The summed E-state index contributed by atoms with van der Waals surface area (Å²) in [5.74, 6) is 0.780. The smallest absolute Gasteiger partial charge is 0.166 e. The van der Waals surface area contributed by atoms with E-state index in [-0.39, 0.29) is 11.2 Å². The average molecular weight is 299 g/mol. The number of benzene rings is 1. The maximum absolute atomic E-state index is 12.1. The molecule has 2 nitrogen and oxygen atoms in total. The van der Waals surface area contributed by atoms with E-state index in [0.717, 1.165) is 10.9 Å². The molecule has 0 N–H and O–H groups in total. The summed E-state index contributed by atoms with van der Waals surface area (Å²) in [4.78, 5) is 12.1. The lowest BCUT2D eigenvalue weighted by Gasteiger charge is -2.17. The third-order valence-corrected chi connectivity index (χ3v) is 3.06. The highest BCUT2D eigenvalue weighted by molar-refractivity contribution is 9.10. The largest absolute Gasteiger partial charge is 0.496 e. The Kier molecular flexibility index (Phi) is 4.75. The van der Waals surface area contributed by atoms with E-state index in [1.165, 1.54) is 0 Å². The van der Waals surface area contributed by atoms with Crippen molar-refractivity contribution in [2.24, 2.45) is 5.41 Å². The van der Waals surface area contributed by atoms with E-state index in [1.54, 1.807) is 7.11 Å². The lowest BCUT2D eigenvalue weighted by molar-refractivity contribution is 0.0963. The topological polar surface area (TPSA) is 26.3 Å². The fourth-order valence-electron chi connectivity index (χ4n) is 1.52. The number of methoxy groups -OCH3 is 1. The van der Waals surface area contributed by atoms with E-state index in [9.17, 15) is 4.79 Å². The maximum atomic E-state index is 12.1. The second-order valence-electron chi connectivity index (χ2n) is 5.33. The van der Waals surface area contributed by atoms with E-state index in [1.807, 2.05) is 18.2 Å². The Hall–Kier alpha value is -0.830. The molecule has 0 saturated heterocycles. The van der Waals surface area contributed by atoms with Crippen molar-refractivity contribution >= 4 is 21.7 Å². The van der Waals surface area contributed by atoms with Gasteiger partial charge in [0, 0.05) is 10.9 Å². The molecule has 0 bridgehead atoms. The van der Waals surface area contributed by atoms with Gasteiger partial charge in [-0.25, -0.2) is 0 Å². The van der Waals surface area contributed by atoms with E-state index in [0.29, 0.717) is 17.7 Å². The highest BCUT2D eigenvalue weighted by Gasteiger charge is 2.16. The number of halogens is 1. The van der Waals surface area contributed by atoms with Crippen molar-refractivity contribution in [3.05, 3.63) is 28.2 Å². The van der Waals surface area contributed by atoms with Gasteiger partial charge in [-0.05, 0) is 30.0 Å². The van der Waals surface area contributed by atoms with Gasteiger partial charge in [0.2, 0.25) is 0 Å². The van der Waals surface area contributed by atoms with Crippen molar-refractivity contribution in [3.8, 4) is 5.75 Å². The van der Waals surface area contributed by atoms with Crippen molar-refractivity contribution in [3.63, 3.8) is 0 Å². The summed E-state index contributed by atoms with van der Waals surface area (Å²) in [5.41, 5.74) is 0.845. The monoisotopic (exact) mass is 298 g/mol. The summed E-state index contributed by atoms with van der Waals surface area (Å²) in [7, 11) is 1.59. The fraction of sp³-hybridized carbons (Fsp3) is 0.500. The van der Waals surface area contributed by atoms with Crippen LogP contribution in [-0.2, 0) is 0 Å². The van der Waals surface area contributed by atoms with Crippen molar-refractivity contribution < 1.29 is 9.53 Å². The first-order valence-electron chi connectivity index (χ1n) is 5.70.